The van der Waals surface area contributed by atoms with Gasteiger partial charge in [0.2, 0.25) is 0 Å². The smallest absolute Gasteiger partial charge is 0.356 e. The van der Waals surface area contributed by atoms with E-state index >= 15 is 0 Å². The molecular formula is C12H13N3O2. The summed E-state index contributed by atoms with van der Waals surface area (Å²) in [5.74, 6) is 0.0839. The Bertz CT molecular complexity index is 507. The molecule has 0 aliphatic rings. The van der Waals surface area contributed by atoms with Crippen molar-refractivity contribution in [2.75, 3.05) is 7.11 Å². The summed E-state index contributed by atoms with van der Waals surface area (Å²) in [6, 6.07) is 9.15. The highest BCUT2D eigenvalue weighted by atomic mass is 16.5. The molecule has 17 heavy (non-hydrogen) atoms. The van der Waals surface area contributed by atoms with Crippen LogP contribution in [0, 0.1) is 0 Å². The highest BCUT2D eigenvalue weighted by Crippen LogP contribution is 2.16. The number of carbonyl (C=O) groups excluding carboxylic acids is 1. The van der Waals surface area contributed by atoms with Crippen molar-refractivity contribution in [2.24, 2.45) is 5.73 Å². The van der Waals surface area contributed by atoms with Gasteiger partial charge in [-0.05, 0) is 5.56 Å². The number of hydrogen-bond acceptors (Lipinski definition) is 4. The van der Waals surface area contributed by atoms with E-state index in [1.165, 1.54) is 13.3 Å². The maximum atomic E-state index is 11.3. The minimum atomic E-state index is -0.455. The maximum absolute atomic E-state index is 11.3. The number of H-pyrrole nitrogens is 1. The number of methoxy groups -OCH3 is 1. The molecule has 88 valence electrons. The van der Waals surface area contributed by atoms with Crippen LogP contribution < -0.4 is 5.73 Å². The third-order valence-electron chi connectivity index (χ3n) is 2.45. The van der Waals surface area contributed by atoms with Crippen LogP contribution in [-0.2, 0) is 4.74 Å². The van der Waals surface area contributed by atoms with Crippen LogP contribution in [0.1, 0.15) is 27.9 Å². The number of hydrogen-bond donors (Lipinski definition) is 2. The molecule has 1 heterocycles. The zero-order valence-corrected chi connectivity index (χ0v) is 9.38. The van der Waals surface area contributed by atoms with Crippen molar-refractivity contribution in [2.45, 2.75) is 6.04 Å². The van der Waals surface area contributed by atoms with Gasteiger partial charge in [-0.25, -0.2) is 9.78 Å². The average molecular weight is 231 g/mol. The summed E-state index contributed by atoms with van der Waals surface area (Å²) in [5, 5.41) is 0. The molecule has 0 aliphatic heterocycles. The number of imidazole rings is 1. The van der Waals surface area contributed by atoms with Crippen LogP contribution in [0.15, 0.2) is 36.5 Å². The number of nitrogens with one attached hydrogen (secondary N) is 1. The summed E-state index contributed by atoms with van der Waals surface area (Å²) in [7, 11) is 1.32. The Morgan fingerprint density at radius 3 is 2.76 bits per heavy atom. The third kappa shape index (κ3) is 2.34. The zero-order valence-electron chi connectivity index (χ0n) is 9.38. The molecule has 0 bridgehead atoms. The number of rotatable bonds is 3. The lowest BCUT2D eigenvalue weighted by atomic mass is 10.1. The molecule has 0 spiro atoms. The third-order valence-corrected chi connectivity index (χ3v) is 2.45. The number of carbonyl (C=O) groups is 1. The second-order valence-corrected chi connectivity index (χ2v) is 3.56. The van der Waals surface area contributed by atoms with Crippen LogP contribution in [0.25, 0.3) is 0 Å². The molecule has 3 N–H and O–H groups in total. The molecule has 0 radical (unpaired) electrons. The van der Waals surface area contributed by atoms with Gasteiger partial charge in [0, 0.05) is 0 Å². The first-order valence-electron chi connectivity index (χ1n) is 5.16. The molecule has 5 heteroatoms. The number of nitrogens with zero attached hydrogens (tertiary/aromatic N) is 1. The number of ether oxygens (including phenoxy) is 1. The van der Waals surface area contributed by atoms with E-state index < -0.39 is 5.97 Å². The van der Waals surface area contributed by atoms with E-state index in [4.69, 9.17) is 5.73 Å². The first-order valence-corrected chi connectivity index (χ1v) is 5.16. The van der Waals surface area contributed by atoms with E-state index in [0.29, 0.717) is 11.5 Å². The number of benzene rings is 1. The Morgan fingerprint density at radius 2 is 2.12 bits per heavy atom. The van der Waals surface area contributed by atoms with Crippen molar-refractivity contribution in [1.82, 2.24) is 9.97 Å². The van der Waals surface area contributed by atoms with E-state index in [1.54, 1.807) is 0 Å². The van der Waals surface area contributed by atoms with Gasteiger partial charge in [-0.2, -0.15) is 0 Å². The van der Waals surface area contributed by atoms with Crippen LogP contribution >= 0.6 is 0 Å². The van der Waals surface area contributed by atoms with Gasteiger partial charge in [0.25, 0.3) is 0 Å². The Kier molecular flexibility index (Phi) is 3.20. The molecule has 0 fully saturated rings. The van der Waals surface area contributed by atoms with Crippen molar-refractivity contribution < 1.29 is 9.53 Å². The molecular weight excluding hydrogens is 218 g/mol. The molecule has 0 saturated carbocycles. The molecule has 5 nitrogen and oxygen atoms in total. The van der Waals surface area contributed by atoms with Crippen molar-refractivity contribution in [3.8, 4) is 0 Å². The summed E-state index contributed by atoms with van der Waals surface area (Å²) < 4.78 is 4.58. The van der Waals surface area contributed by atoms with Crippen LogP contribution in [0.3, 0.4) is 0 Å². The standard InChI is InChI=1S/C12H13N3O2/c1-17-12(16)9-7-14-11(15-9)10(13)8-5-3-2-4-6-8/h2-7,10H,13H2,1H3,(H,14,15)/t10-/m0/s1. The quantitative estimate of drug-likeness (QED) is 0.779. The normalized spacial score (nSPS) is 12.1. The fourth-order valence-corrected chi connectivity index (χ4v) is 1.53. The summed E-state index contributed by atoms with van der Waals surface area (Å²) in [6.45, 7) is 0. The largest absolute Gasteiger partial charge is 0.464 e. The molecule has 2 aromatic rings. The Balaban J connectivity index is 2.23. The van der Waals surface area contributed by atoms with Gasteiger partial charge in [0.05, 0.1) is 19.3 Å². The SMILES string of the molecule is COC(=O)c1cnc([C@@H](N)c2ccccc2)[nH]1. The lowest BCUT2D eigenvalue weighted by Crippen LogP contribution is -2.13. The summed E-state index contributed by atoms with van der Waals surface area (Å²) in [6.07, 6.45) is 1.42. The van der Waals surface area contributed by atoms with E-state index in [2.05, 4.69) is 14.7 Å². The van der Waals surface area contributed by atoms with E-state index in [-0.39, 0.29) is 6.04 Å². The van der Waals surface area contributed by atoms with Crippen LogP contribution in [0.5, 0.6) is 0 Å². The second kappa shape index (κ2) is 4.80. The van der Waals surface area contributed by atoms with Gasteiger partial charge >= 0.3 is 5.97 Å². The molecule has 0 saturated heterocycles. The molecule has 2 rings (SSSR count). The lowest BCUT2D eigenvalue weighted by Gasteiger charge is -2.08. The topological polar surface area (TPSA) is 81.0 Å². The molecule has 1 aromatic carbocycles. The monoisotopic (exact) mass is 231 g/mol. The molecule has 1 aromatic heterocycles. The fourth-order valence-electron chi connectivity index (χ4n) is 1.53. The van der Waals surface area contributed by atoms with Crippen molar-refractivity contribution in [3.05, 3.63) is 53.6 Å². The number of esters is 1. The van der Waals surface area contributed by atoms with Gasteiger partial charge in [-0.15, -0.1) is 0 Å². The number of nitrogens with two attached hydrogens (primary N) is 1. The van der Waals surface area contributed by atoms with E-state index in [9.17, 15) is 4.79 Å². The Labute approximate surface area is 98.6 Å². The van der Waals surface area contributed by atoms with Gasteiger partial charge < -0.3 is 15.5 Å². The highest BCUT2D eigenvalue weighted by Gasteiger charge is 2.15. The minimum absolute atomic E-state index is 0.300. The van der Waals surface area contributed by atoms with E-state index in [0.717, 1.165) is 5.56 Å². The fraction of sp³-hybridized carbons (Fsp3) is 0.167. The molecule has 1 atom stereocenters. The van der Waals surface area contributed by atoms with Crippen LogP contribution in [0.4, 0.5) is 0 Å². The number of aromatic nitrogens is 2. The Hall–Kier alpha value is -2.14. The molecule has 0 amide bonds. The van der Waals surface area contributed by atoms with Crippen molar-refractivity contribution in [1.29, 1.82) is 0 Å². The van der Waals surface area contributed by atoms with Gasteiger partial charge in [-0.1, -0.05) is 30.3 Å². The van der Waals surface area contributed by atoms with Crippen molar-refractivity contribution >= 4 is 5.97 Å². The minimum Gasteiger partial charge on any atom is -0.464 e. The second-order valence-electron chi connectivity index (χ2n) is 3.56. The van der Waals surface area contributed by atoms with Crippen molar-refractivity contribution in [3.63, 3.8) is 0 Å². The Morgan fingerprint density at radius 1 is 1.41 bits per heavy atom. The first kappa shape index (κ1) is 11.3. The van der Waals surface area contributed by atoms with Gasteiger partial charge in [0.1, 0.15) is 11.5 Å². The first-order chi connectivity index (χ1) is 8.22. The van der Waals surface area contributed by atoms with Crippen LogP contribution in [-0.4, -0.2) is 23.0 Å². The molecule has 0 unspecified atom stereocenters. The summed E-state index contributed by atoms with van der Waals surface area (Å²) in [5.41, 5.74) is 7.25. The summed E-state index contributed by atoms with van der Waals surface area (Å²) in [4.78, 5) is 18.2. The van der Waals surface area contributed by atoms with Gasteiger partial charge in [0.15, 0.2) is 0 Å². The maximum Gasteiger partial charge on any atom is 0.356 e. The predicted octanol–water partition coefficient (Wildman–Crippen LogP) is 1.24. The molecule has 0 aliphatic carbocycles. The average Bonchev–Trinajstić information content (AvgIpc) is 2.87. The zero-order chi connectivity index (χ0) is 12.3. The van der Waals surface area contributed by atoms with E-state index in [1.807, 2.05) is 30.3 Å². The number of aromatic amines is 1. The predicted molar refractivity (Wildman–Crippen MR) is 62.4 cm³/mol. The summed E-state index contributed by atoms with van der Waals surface area (Å²) >= 11 is 0. The lowest BCUT2D eigenvalue weighted by molar-refractivity contribution is 0.0594. The van der Waals surface area contributed by atoms with Crippen LogP contribution in [0.2, 0.25) is 0 Å². The highest BCUT2D eigenvalue weighted by molar-refractivity contribution is 5.86. The van der Waals surface area contributed by atoms with Gasteiger partial charge in [-0.3, -0.25) is 0 Å².